The zero-order valence-corrected chi connectivity index (χ0v) is 11.3. The Kier molecular flexibility index (Phi) is 2.91. The fourth-order valence-corrected chi connectivity index (χ4v) is 4.27. The Morgan fingerprint density at radius 2 is 2.17 bits per heavy atom. The van der Waals surface area contributed by atoms with Crippen molar-refractivity contribution >= 4 is 10.0 Å². The van der Waals surface area contributed by atoms with Gasteiger partial charge in [-0.05, 0) is 19.4 Å². The molecule has 2 aliphatic heterocycles. The van der Waals surface area contributed by atoms with Crippen LogP contribution in [0, 0.1) is 0 Å². The third kappa shape index (κ3) is 1.96. The topological polar surface area (TPSA) is 58.4 Å². The monoisotopic (exact) mass is 270 g/mol. The molecule has 1 aromatic heterocycles. The van der Waals surface area contributed by atoms with Gasteiger partial charge in [0, 0.05) is 38.9 Å². The molecule has 3 rings (SSSR count). The van der Waals surface area contributed by atoms with Crippen LogP contribution >= 0.6 is 0 Å². The highest BCUT2D eigenvalue weighted by atomic mass is 32.2. The highest BCUT2D eigenvalue weighted by Gasteiger charge is 2.36. The normalized spacial score (nSPS) is 26.4. The second-order valence-electron chi connectivity index (χ2n) is 5.07. The lowest BCUT2D eigenvalue weighted by atomic mass is 10.2. The van der Waals surface area contributed by atoms with E-state index in [4.69, 9.17) is 0 Å². The molecule has 0 amide bonds. The van der Waals surface area contributed by atoms with E-state index in [-0.39, 0.29) is 5.03 Å². The van der Waals surface area contributed by atoms with Gasteiger partial charge in [-0.1, -0.05) is 0 Å². The molecule has 6 nitrogen and oxygen atoms in total. The molecule has 7 heteroatoms. The van der Waals surface area contributed by atoms with Gasteiger partial charge in [0.25, 0.3) is 10.0 Å². The lowest BCUT2D eigenvalue weighted by Gasteiger charge is -2.36. The van der Waals surface area contributed by atoms with Gasteiger partial charge >= 0.3 is 0 Å². The molecule has 3 heterocycles. The van der Waals surface area contributed by atoms with Crippen molar-refractivity contribution in [2.75, 3.05) is 26.2 Å². The van der Waals surface area contributed by atoms with Gasteiger partial charge in [0.05, 0.1) is 6.33 Å². The van der Waals surface area contributed by atoms with E-state index in [9.17, 15) is 8.42 Å². The van der Waals surface area contributed by atoms with E-state index in [0.29, 0.717) is 19.1 Å². The number of sulfonamides is 1. The van der Waals surface area contributed by atoms with E-state index in [1.807, 2.05) is 0 Å². The van der Waals surface area contributed by atoms with Gasteiger partial charge in [0.15, 0.2) is 5.03 Å². The number of nitrogens with zero attached hydrogens (tertiary/aromatic N) is 4. The lowest BCUT2D eigenvalue weighted by Crippen LogP contribution is -2.51. The largest absolute Gasteiger partial charge is 0.339 e. The number of rotatable bonds is 2. The van der Waals surface area contributed by atoms with Crippen molar-refractivity contribution in [2.45, 2.75) is 23.9 Å². The Labute approximate surface area is 107 Å². The number of aromatic nitrogens is 2. The Balaban J connectivity index is 1.82. The first kappa shape index (κ1) is 12.1. The molecule has 2 aliphatic rings. The Morgan fingerprint density at radius 1 is 1.33 bits per heavy atom. The smallest absolute Gasteiger partial charge is 0.262 e. The zero-order chi connectivity index (χ0) is 12.8. The molecule has 2 fully saturated rings. The molecule has 1 atom stereocenters. The predicted octanol–water partition coefficient (Wildman–Crippen LogP) is -0.111. The first-order chi connectivity index (χ1) is 8.57. The zero-order valence-electron chi connectivity index (χ0n) is 10.5. The summed E-state index contributed by atoms with van der Waals surface area (Å²) in [7, 11) is -1.63. The van der Waals surface area contributed by atoms with E-state index in [1.54, 1.807) is 22.1 Å². The van der Waals surface area contributed by atoms with Gasteiger partial charge in [0.2, 0.25) is 0 Å². The molecule has 0 radical (unpaired) electrons. The van der Waals surface area contributed by atoms with Gasteiger partial charge in [-0.2, -0.15) is 4.31 Å². The molecule has 1 aromatic rings. The van der Waals surface area contributed by atoms with Crippen LogP contribution in [0.2, 0.25) is 0 Å². The van der Waals surface area contributed by atoms with Crippen molar-refractivity contribution in [3.63, 3.8) is 0 Å². The minimum atomic E-state index is -3.41. The number of imidazole rings is 1. The average Bonchev–Trinajstić information content (AvgIpc) is 2.96. The Bertz CT molecular complexity index is 539. The van der Waals surface area contributed by atoms with Crippen molar-refractivity contribution < 1.29 is 8.42 Å². The van der Waals surface area contributed by atoms with Crippen molar-refractivity contribution in [3.05, 3.63) is 12.5 Å². The van der Waals surface area contributed by atoms with Gasteiger partial charge in [-0.25, -0.2) is 13.4 Å². The summed E-state index contributed by atoms with van der Waals surface area (Å²) in [6, 6.07) is 0.400. The summed E-state index contributed by atoms with van der Waals surface area (Å²) in [5.41, 5.74) is 0. The van der Waals surface area contributed by atoms with E-state index < -0.39 is 10.0 Å². The minimum absolute atomic E-state index is 0.163. The van der Waals surface area contributed by atoms with Crippen molar-refractivity contribution in [1.29, 1.82) is 0 Å². The maximum Gasteiger partial charge on any atom is 0.262 e. The number of hydrogen-bond acceptors (Lipinski definition) is 4. The summed E-state index contributed by atoms with van der Waals surface area (Å²) in [6.45, 7) is 3.15. The van der Waals surface area contributed by atoms with Crippen LogP contribution in [0.4, 0.5) is 0 Å². The van der Waals surface area contributed by atoms with Crippen LogP contribution in [0.25, 0.3) is 0 Å². The van der Waals surface area contributed by atoms with Crippen molar-refractivity contribution in [3.8, 4) is 0 Å². The van der Waals surface area contributed by atoms with Crippen LogP contribution in [0.3, 0.4) is 0 Å². The maximum absolute atomic E-state index is 12.4. The molecule has 2 saturated heterocycles. The van der Waals surface area contributed by atoms with Crippen LogP contribution < -0.4 is 0 Å². The number of piperazine rings is 1. The Hall–Kier alpha value is -0.920. The molecule has 100 valence electrons. The van der Waals surface area contributed by atoms with Crippen LogP contribution in [0.5, 0.6) is 0 Å². The third-order valence-electron chi connectivity index (χ3n) is 3.84. The van der Waals surface area contributed by atoms with Gasteiger partial charge in [-0.15, -0.1) is 0 Å². The number of hydrogen-bond donors (Lipinski definition) is 0. The van der Waals surface area contributed by atoms with Gasteiger partial charge < -0.3 is 4.57 Å². The fourth-order valence-electron chi connectivity index (χ4n) is 2.84. The number of aryl methyl sites for hydroxylation is 1. The first-order valence-corrected chi connectivity index (χ1v) is 7.73. The molecular formula is C11H18N4O2S. The standard InChI is InChI=1S/C11H18N4O2S/c1-13-8-11(12-9-13)18(16,17)15-6-5-14-4-2-3-10(14)7-15/h8-10H,2-7H2,1H3. The molecule has 0 aliphatic carbocycles. The van der Waals surface area contributed by atoms with E-state index in [1.165, 1.54) is 12.7 Å². The third-order valence-corrected chi connectivity index (χ3v) is 5.59. The fraction of sp³-hybridized carbons (Fsp3) is 0.727. The summed E-state index contributed by atoms with van der Waals surface area (Å²) in [5.74, 6) is 0. The van der Waals surface area contributed by atoms with Crippen LogP contribution in [0.1, 0.15) is 12.8 Å². The second kappa shape index (κ2) is 4.32. The van der Waals surface area contributed by atoms with Crippen LogP contribution in [-0.4, -0.2) is 59.4 Å². The molecule has 0 aromatic carbocycles. The summed E-state index contributed by atoms with van der Waals surface area (Å²) in [6.07, 6.45) is 5.38. The maximum atomic E-state index is 12.4. The molecule has 18 heavy (non-hydrogen) atoms. The molecule has 0 spiro atoms. The van der Waals surface area contributed by atoms with Gasteiger partial charge in [0.1, 0.15) is 0 Å². The quantitative estimate of drug-likeness (QED) is 0.752. The summed E-state index contributed by atoms with van der Waals surface area (Å²) < 4.78 is 28.1. The highest BCUT2D eigenvalue weighted by molar-refractivity contribution is 7.89. The molecule has 0 saturated carbocycles. The summed E-state index contributed by atoms with van der Waals surface area (Å²) in [5, 5.41) is 0.163. The predicted molar refractivity (Wildman–Crippen MR) is 66.6 cm³/mol. The second-order valence-corrected chi connectivity index (χ2v) is 6.96. The first-order valence-electron chi connectivity index (χ1n) is 6.29. The van der Waals surface area contributed by atoms with Crippen molar-refractivity contribution in [2.24, 2.45) is 7.05 Å². The molecule has 0 bridgehead atoms. The lowest BCUT2D eigenvalue weighted by molar-refractivity contribution is 0.158. The molecule has 0 N–H and O–H groups in total. The van der Waals surface area contributed by atoms with E-state index in [0.717, 1.165) is 19.5 Å². The summed E-state index contributed by atoms with van der Waals surface area (Å²) in [4.78, 5) is 6.36. The SMILES string of the molecule is Cn1cnc(S(=O)(=O)N2CCN3CCCC3C2)c1. The van der Waals surface area contributed by atoms with Crippen LogP contribution in [-0.2, 0) is 17.1 Å². The van der Waals surface area contributed by atoms with E-state index in [2.05, 4.69) is 9.88 Å². The number of fused-ring (bicyclic) bond motifs is 1. The molecule has 1 unspecified atom stereocenters. The highest BCUT2D eigenvalue weighted by Crippen LogP contribution is 2.24. The van der Waals surface area contributed by atoms with E-state index >= 15 is 0 Å². The summed E-state index contributed by atoms with van der Waals surface area (Å²) >= 11 is 0. The minimum Gasteiger partial charge on any atom is -0.339 e. The van der Waals surface area contributed by atoms with Crippen molar-refractivity contribution in [1.82, 2.24) is 18.8 Å². The average molecular weight is 270 g/mol. The molecular weight excluding hydrogens is 252 g/mol. The van der Waals surface area contributed by atoms with Gasteiger partial charge in [-0.3, -0.25) is 4.90 Å². The Morgan fingerprint density at radius 3 is 2.89 bits per heavy atom. The van der Waals surface area contributed by atoms with Crippen LogP contribution in [0.15, 0.2) is 17.6 Å².